The first-order chi connectivity index (χ1) is 12.4. The molecule has 1 aliphatic heterocycles. The van der Waals surface area contributed by atoms with Crippen LogP contribution in [-0.4, -0.2) is 33.8 Å². The van der Waals surface area contributed by atoms with Gasteiger partial charge in [-0.1, -0.05) is 32.9 Å². The molecule has 0 bridgehead atoms. The molecule has 1 N–H and O–H groups in total. The molecule has 1 aromatic carbocycles. The summed E-state index contributed by atoms with van der Waals surface area (Å²) in [5.74, 6) is 1.82. The van der Waals surface area contributed by atoms with Gasteiger partial charge in [-0.15, -0.1) is 10.2 Å². The summed E-state index contributed by atoms with van der Waals surface area (Å²) in [5, 5.41) is 11.6. The van der Waals surface area contributed by atoms with Crippen molar-refractivity contribution in [2.75, 3.05) is 7.11 Å². The SMILES string of the molecule is COCc1nnc2n1CCC(NC(=O)c1ccc(C(C)(C)C)cc1)CC2. The Morgan fingerprint density at radius 1 is 1.23 bits per heavy atom. The standard InChI is InChI=1S/C20H28N4O2/c1-20(2,3)15-7-5-14(6-8-15)19(25)21-16-9-10-17-22-23-18(13-26-4)24(17)12-11-16/h5-8,16H,9-13H2,1-4H3,(H,21,25). The molecule has 6 nitrogen and oxygen atoms in total. The van der Waals surface area contributed by atoms with Gasteiger partial charge in [0, 0.05) is 31.7 Å². The number of rotatable bonds is 4. The Balaban J connectivity index is 1.62. The lowest BCUT2D eigenvalue weighted by atomic mass is 9.86. The van der Waals surface area contributed by atoms with Crippen molar-refractivity contribution in [1.82, 2.24) is 20.1 Å². The predicted octanol–water partition coefficient (Wildman–Crippen LogP) is 2.86. The molecule has 140 valence electrons. The molecule has 2 heterocycles. The first-order valence-electron chi connectivity index (χ1n) is 9.20. The van der Waals surface area contributed by atoms with Crippen LogP contribution in [0.5, 0.6) is 0 Å². The lowest BCUT2D eigenvalue weighted by molar-refractivity contribution is 0.0932. The van der Waals surface area contributed by atoms with Gasteiger partial charge in [0.25, 0.3) is 5.91 Å². The highest BCUT2D eigenvalue weighted by atomic mass is 16.5. The molecule has 26 heavy (non-hydrogen) atoms. The highest BCUT2D eigenvalue weighted by Gasteiger charge is 2.22. The zero-order valence-corrected chi connectivity index (χ0v) is 16.1. The maximum absolute atomic E-state index is 12.6. The number of methoxy groups -OCH3 is 1. The predicted molar refractivity (Wildman–Crippen MR) is 100 cm³/mol. The number of ether oxygens (including phenoxy) is 1. The van der Waals surface area contributed by atoms with E-state index in [1.54, 1.807) is 7.11 Å². The monoisotopic (exact) mass is 356 g/mol. The number of amides is 1. The Morgan fingerprint density at radius 3 is 2.62 bits per heavy atom. The third-order valence-corrected chi connectivity index (χ3v) is 4.94. The highest BCUT2D eigenvalue weighted by molar-refractivity contribution is 5.94. The minimum absolute atomic E-state index is 0.00904. The number of carbonyl (C=O) groups excluding carboxylic acids is 1. The molecule has 1 atom stereocenters. The van der Waals surface area contributed by atoms with Gasteiger partial charge in [0.15, 0.2) is 5.82 Å². The van der Waals surface area contributed by atoms with E-state index < -0.39 is 0 Å². The Bertz CT molecular complexity index is 759. The van der Waals surface area contributed by atoms with E-state index in [0.717, 1.165) is 37.5 Å². The molecule has 3 rings (SSSR count). The first kappa shape index (κ1) is 18.6. The topological polar surface area (TPSA) is 69.0 Å². The molecular weight excluding hydrogens is 328 g/mol. The fourth-order valence-electron chi connectivity index (χ4n) is 3.32. The van der Waals surface area contributed by atoms with Gasteiger partial charge >= 0.3 is 0 Å². The Morgan fingerprint density at radius 2 is 1.96 bits per heavy atom. The Labute approximate surface area is 155 Å². The molecule has 6 heteroatoms. The van der Waals surface area contributed by atoms with E-state index >= 15 is 0 Å². The molecule has 0 aliphatic carbocycles. The zero-order chi connectivity index (χ0) is 18.7. The summed E-state index contributed by atoms with van der Waals surface area (Å²) in [7, 11) is 1.66. The third-order valence-electron chi connectivity index (χ3n) is 4.94. The number of carbonyl (C=O) groups is 1. The molecule has 1 aliphatic rings. The number of nitrogens with one attached hydrogen (secondary N) is 1. The first-order valence-corrected chi connectivity index (χ1v) is 9.20. The largest absolute Gasteiger partial charge is 0.377 e. The van der Waals surface area contributed by atoms with Crippen LogP contribution in [0.4, 0.5) is 0 Å². The molecule has 0 fully saturated rings. The average molecular weight is 356 g/mol. The Hall–Kier alpha value is -2.21. The molecule has 1 amide bonds. The highest BCUT2D eigenvalue weighted by Crippen LogP contribution is 2.22. The Kier molecular flexibility index (Phi) is 5.41. The summed E-state index contributed by atoms with van der Waals surface area (Å²) in [5.41, 5.74) is 2.03. The van der Waals surface area contributed by atoms with Crippen LogP contribution in [0.3, 0.4) is 0 Å². The molecule has 1 aromatic heterocycles. The lowest BCUT2D eigenvalue weighted by Gasteiger charge is -2.20. The van der Waals surface area contributed by atoms with Gasteiger partial charge in [-0.05, 0) is 36.0 Å². The maximum atomic E-state index is 12.6. The molecule has 0 radical (unpaired) electrons. The van der Waals surface area contributed by atoms with Crippen LogP contribution in [0, 0.1) is 0 Å². The van der Waals surface area contributed by atoms with E-state index in [-0.39, 0.29) is 17.4 Å². The summed E-state index contributed by atoms with van der Waals surface area (Å²) < 4.78 is 7.30. The van der Waals surface area contributed by atoms with Crippen molar-refractivity contribution in [3.05, 3.63) is 47.0 Å². The number of benzene rings is 1. The van der Waals surface area contributed by atoms with Gasteiger partial charge in [-0.25, -0.2) is 0 Å². The van der Waals surface area contributed by atoms with E-state index in [1.807, 2.05) is 24.3 Å². The minimum Gasteiger partial charge on any atom is -0.377 e. The second-order valence-electron chi connectivity index (χ2n) is 7.94. The van der Waals surface area contributed by atoms with Crippen LogP contribution in [0.25, 0.3) is 0 Å². The van der Waals surface area contributed by atoms with Crippen LogP contribution >= 0.6 is 0 Å². The number of fused-ring (bicyclic) bond motifs is 1. The molecule has 1 unspecified atom stereocenters. The van der Waals surface area contributed by atoms with Gasteiger partial charge in [-0.3, -0.25) is 4.79 Å². The average Bonchev–Trinajstić information content (AvgIpc) is 2.87. The summed E-state index contributed by atoms with van der Waals surface area (Å²) in [4.78, 5) is 12.6. The second-order valence-corrected chi connectivity index (χ2v) is 7.94. The number of hydrogen-bond acceptors (Lipinski definition) is 4. The summed E-state index contributed by atoms with van der Waals surface area (Å²) in [6, 6.07) is 8.05. The minimum atomic E-state index is -0.00904. The number of hydrogen-bond donors (Lipinski definition) is 1. The number of aryl methyl sites for hydroxylation is 1. The van der Waals surface area contributed by atoms with Crippen molar-refractivity contribution in [3.8, 4) is 0 Å². The van der Waals surface area contributed by atoms with Gasteiger partial charge in [0.1, 0.15) is 12.4 Å². The molecule has 2 aromatic rings. The van der Waals surface area contributed by atoms with Crippen LogP contribution in [0.2, 0.25) is 0 Å². The summed E-state index contributed by atoms with van der Waals surface area (Å²) in [6.07, 6.45) is 2.55. The molecular formula is C20H28N4O2. The summed E-state index contributed by atoms with van der Waals surface area (Å²) in [6.45, 7) is 7.77. The van der Waals surface area contributed by atoms with Crippen molar-refractivity contribution >= 4 is 5.91 Å². The quantitative estimate of drug-likeness (QED) is 0.915. The lowest BCUT2D eigenvalue weighted by Crippen LogP contribution is -2.35. The van der Waals surface area contributed by atoms with Crippen LogP contribution in [0.1, 0.15) is 61.2 Å². The van der Waals surface area contributed by atoms with Crippen molar-refractivity contribution in [3.63, 3.8) is 0 Å². The van der Waals surface area contributed by atoms with Gasteiger partial charge in [0.2, 0.25) is 0 Å². The van der Waals surface area contributed by atoms with Crippen LogP contribution < -0.4 is 5.32 Å². The number of nitrogens with zero attached hydrogens (tertiary/aromatic N) is 3. The third kappa shape index (κ3) is 4.12. The maximum Gasteiger partial charge on any atom is 0.251 e. The van der Waals surface area contributed by atoms with Gasteiger partial charge in [0.05, 0.1) is 0 Å². The van der Waals surface area contributed by atoms with Crippen LogP contribution in [0.15, 0.2) is 24.3 Å². The normalized spacial score (nSPS) is 17.5. The zero-order valence-electron chi connectivity index (χ0n) is 16.1. The van der Waals surface area contributed by atoms with Crippen molar-refractivity contribution in [1.29, 1.82) is 0 Å². The van der Waals surface area contributed by atoms with Gasteiger partial charge in [-0.2, -0.15) is 0 Å². The summed E-state index contributed by atoms with van der Waals surface area (Å²) >= 11 is 0. The van der Waals surface area contributed by atoms with Gasteiger partial charge < -0.3 is 14.6 Å². The van der Waals surface area contributed by atoms with Crippen molar-refractivity contribution in [2.45, 2.75) is 64.6 Å². The van der Waals surface area contributed by atoms with Crippen molar-refractivity contribution < 1.29 is 9.53 Å². The van der Waals surface area contributed by atoms with E-state index in [1.165, 1.54) is 5.56 Å². The molecule has 0 spiro atoms. The van der Waals surface area contributed by atoms with E-state index in [4.69, 9.17) is 4.74 Å². The molecule has 0 saturated carbocycles. The molecule has 0 saturated heterocycles. The number of aromatic nitrogens is 3. The van der Waals surface area contributed by atoms with E-state index in [9.17, 15) is 4.79 Å². The second kappa shape index (κ2) is 7.58. The fourth-order valence-corrected chi connectivity index (χ4v) is 3.32. The fraction of sp³-hybridized carbons (Fsp3) is 0.550. The van der Waals surface area contributed by atoms with Crippen molar-refractivity contribution in [2.24, 2.45) is 0 Å². The van der Waals surface area contributed by atoms with Crippen LogP contribution in [-0.2, 0) is 29.7 Å². The smallest absolute Gasteiger partial charge is 0.251 e. The van der Waals surface area contributed by atoms with E-state index in [0.29, 0.717) is 12.2 Å². The van der Waals surface area contributed by atoms with E-state index in [2.05, 4.69) is 40.9 Å².